The molecule has 0 bridgehead atoms. The van der Waals surface area contributed by atoms with Crippen LogP contribution in [0.3, 0.4) is 0 Å². The summed E-state index contributed by atoms with van der Waals surface area (Å²) in [5, 5.41) is 7.70. The lowest BCUT2D eigenvalue weighted by Gasteiger charge is -2.28. The summed E-state index contributed by atoms with van der Waals surface area (Å²) >= 11 is 0. The van der Waals surface area contributed by atoms with Crippen molar-refractivity contribution in [2.45, 2.75) is 26.3 Å². The van der Waals surface area contributed by atoms with E-state index in [2.05, 4.69) is 39.6 Å². The number of benzene rings is 2. The fourth-order valence-corrected chi connectivity index (χ4v) is 4.60. The zero-order valence-electron chi connectivity index (χ0n) is 19.2. The molecule has 1 N–H and O–H groups in total. The van der Waals surface area contributed by atoms with Gasteiger partial charge in [-0.15, -0.1) is 0 Å². The van der Waals surface area contributed by atoms with E-state index >= 15 is 0 Å². The predicted octanol–water partition coefficient (Wildman–Crippen LogP) is 4.29. The lowest BCUT2D eigenvalue weighted by molar-refractivity contribution is 0.0950. The summed E-state index contributed by atoms with van der Waals surface area (Å²) in [6.45, 7) is 5.36. The molecule has 5 rings (SSSR count). The Morgan fingerprint density at radius 3 is 2.53 bits per heavy atom. The molecular formula is C27H28FN5O. The number of amides is 1. The first kappa shape index (κ1) is 22.1. The fourth-order valence-electron chi connectivity index (χ4n) is 4.60. The van der Waals surface area contributed by atoms with Gasteiger partial charge in [-0.05, 0) is 67.3 Å². The Kier molecular flexibility index (Phi) is 6.27. The standard InChI is InChI=1S/C27H28FN5O/c1-20-25(26(34)29-14-6-15-31-18-13-21-7-2-3-8-22(21)19-31)27(32-16-4-5-17-32)33(30-20)24-11-9-23(28)10-12-24/h2-5,7-12,16-17H,6,13-15,18-19H2,1H3,(H,29,34). The van der Waals surface area contributed by atoms with Gasteiger partial charge in [-0.3, -0.25) is 9.69 Å². The van der Waals surface area contributed by atoms with Crippen LogP contribution in [0.5, 0.6) is 0 Å². The lowest BCUT2D eigenvalue weighted by Crippen LogP contribution is -2.34. The van der Waals surface area contributed by atoms with Crippen molar-refractivity contribution in [2.75, 3.05) is 19.6 Å². The van der Waals surface area contributed by atoms with Crippen molar-refractivity contribution >= 4 is 5.91 Å². The predicted molar refractivity (Wildman–Crippen MR) is 130 cm³/mol. The molecule has 1 aliphatic rings. The minimum atomic E-state index is -0.315. The van der Waals surface area contributed by atoms with Crippen LogP contribution in [0.25, 0.3) is 11.5 Å². The van der Waals surface area contributed by atoms with Crippen molar-refractivity contribution in [3.8, 4) is 11.5 Å². The molecule has 0 radical (unpaired) electrons. The maximum atomic E-state index is 13.5. The first-order chi connectivity index (χ1) is 16.6. The molecule has 3 heterocycles. The molecule has 174 valence electrons. The van der Waals surface area contributed by atoms with Crippen LogP contribution in [0.4, 0.5) is 4.39 Å². The van der Waals surface area contributed by atoms with Crippen molar-refractivity contribution in [3.05, 3.63) is 101 Å². The number of halogens is 1. The van der Waals surface area contributed by atoms with Crippen LogP contribution in [0.15, 0.2) is 73.1 Å². The van der Waals surface area contributed by atoms with Crippen LogP contribution in [0.2, 0.25) is 0 Å². The second kappa shape index (κ2) is 9.65. The Morgan fingerprint density at radius 1 is 1.03 bits per heavy atom. The topological polar surface area (TPSA) is 55.1 Å². The molecule has 1 amide bonds. The molecular weight excluding hydrogens is 429 g/mol. The number of carbonyl (C=O) groups is 1. The summed E-state index contributed by atoms with van der Waals surface area (Å²) < 4.78 is 17.0. The van der Waals surface area contributed by atoms with Gasteiger partial charge >= 0.3 is 0 Å². The van der Waals surface area contributed by atoms with Crippen molar-refractivity contribution in [2.24, 2.45) is 0 Å². The first-order valence-corrected chi connectivity index (χ1v) is 11.7. The third kappa shape index (κ3) is 4.52. The van der Waals surface area contributed by atoms with Crippen LogP contribution in [0, 0.1) is 12.7 Å². The van der Waals surface area contributed by atoms with E-state index in [1.807, 2.05) is 36.0 Å². The van der Waals surface area contributed by atoms with Gasteiger partial charge < -0.3 is 9.88 Å². The van der Waals surface area contributed by atoms with Crippen molar-refractivity contribution < 1.29 is 9.18 Å². The Bertz CT molecular complexity index is 1280. The van der Waals surface area contributed by atoms with E-state index in [1.54, 1.807) is 16.8 Å². The van der Waals surface area contributed by atoms with E-state index in [-0.39, 0.29) is 11.7 Å². The molecule has 4 aromatic rings. The second-order valence-corrected chi connectivity index (χ2v) is 8.67. The zero-order chi connectivity index (χ0) is 23.5. The van der Waals surface area contributed by atoms with Crippen LogP contribution < -0.4 is 5.32 Å². The van der Waals surface area contributed by atoms with Crippen LogP contribution in [0.1, 0.15) is 33.6 Å². The van der Waals surface area contributed by atoms with Crippen LogP contribution in [-0.4, -0.2) is 44.8 Å². The monoisotopic (exact) mass is 457 g/mol. The van der Waals surface area contributed by atoms with E-state index in [9.17, 15) is 9.18 Å². The summed E-state index contributed by atoms with van der Waals surface area (Å²) in [7, 11) is 0. The van der Waals surface area contributed by atoms with E-state index in [1.165, 1.54) is 23.3 Å². The number of hydrogen-bond acceptors (Lipinski definition) is 3. The number of hydrogen-bond donors (Lipinski definition) is 1. The van der Waals surface area contributed by atoms with Gasteiger partial charge in [0.05, 0.1) is 11.4 Å². The highest BCUT2D eigenvalue weighted by Gasteiger charge is 2.23. The minimum Gasteiger partial charge on any atom is -0.352 e. The molecule has 0 atom stereocenters. The average molecular weight is 458 g/mol. The Hall–Kier alpha value is -3.71. The first-order valence-electron chi connectivity index (χ1n) is 11.7. The van der Waals surface area contributed by atoms with E-state index < -0.39 is 0 Å². The Labute approximate surface area is 198 Å². The Balaban J connectivity index is 1.28. The van der Waals surface area contributed by atoms with Gasteiger partial charge in [0, 0.05) is 38.6 Å². The number of aryl methyl sites for hydroxylation is 1. The molecule has 0 aliphatic carbocycles. The van der Waals surface area contributed by atoms with Crippen molar-refractivity contribution in [1.29, 1.82) is 0 Å². The summed E-state index contributed by atoms with van der Waals surface area (Å²) in [5.74, 6) is 0.170. The van der Waals surface area contributed by atoms with Crippen LogP contribution >= 0.6 is 0 Å². The van der Waals surface area contributed by atoms with E-state index in [0.717, 1.165) is 32.5 Å². The second-order valence-electron chi connectivity index (χ2n) is 8.67. The van der Waals surface area contributed by atoms with E-state index in [0.29, 0.717) is 29.3 Å². The quantitative estimate of drug-likeness (QED) is 0.421. The van der Waals surface area contributed by atoms with E-state index in [4.69, 9.17) is 0 Å². The zero-order valence-corrected chi connectivity index (χ0v) is 19.2. The molecule has 2 aromatic heterocycles. The Morgan fingerprint density at radius 2 is 1.76 bits per heavy atom. The summed E-state index contributed by atoms with van der Waals surface area (Å²) in [4.78, 5) is 15.7. The molecule has 0 unspecified atom stereocenters. The molecule has 0 spiro atoms. The summed E-state index contributed by atoms with van der Waals surface area (Å²) in [5.41, 5.74) is 4.68. The van der Waals surface area contributed by atoms with Gasteiger partial charge in [0.25, 0.3) is 5.91 Å². The molecule has 7 heteroatoms. The molecule has 0 saturated carbocycles. The number of fused-ring (bicyclic) bond motifs is 1. The third-order valence-corrected chi connectivity index (χ3v) is 6.33. The van der Waals surface area contributed by atoms with Gasteiger partial charge in [-0.2, -0.15) is 5.10 Å². The molecule has 0 fully saturated rings. The highest BCUT2D eigenvalue weighted by atomic mass is 19.1. The van der Waals surface area contributed by atoms with Gasteiger partial charge in [0.1, 0.15) is 11.4 Å². The fraction of sp³-hybridized carbons (Fsp3) is 0.259. The maximum absolute atomic E-state index is 13.5. The number of aromatic nitrogens is 3. The normalized spacial score (nSPS) is 13.6. The van der Waals surface area contributed by atoms with Gasteiger partial charge in [-0.25, -0.2) is 9.07 Å². The van der Waals surface area contributed by atoms with Crippen molar-refractivity contribution in [1.82, 2.24) is 24.6 Å². The molecule has 1 aliphatic heterocycles. The van der Waals surface area contributed by atoms with Gasteiger partial charge in [-0.1, -0.05) is 24.3 Å². The molecule has 6 nitrogen and oxygen atoms in total. The number of nitrogens with one attached hydrogen (secondary N) is 1. The average Bonchev–Trinajstić information content (AvgIpc) is 3.50. The van der Waals surface area contributed by atoms with Gasteiger partial charge in [0.2, 0.25) is 0 Å². The number of carbonyl (C=O) groups excluding carboxylic acids is 1. The summed E-state index contributed by atoms with van der Waals surface area (Å²) in [6.07, 6.45) is 5.70. The largest absolute Gasteiger partial charge is 0.352 e. The highest BCUT2D eigenvalue weighted by molar-refractivity contribution is 5.98. The highest BCUT2D eigenvalue weighted by Crippen LogP contribution is 2.23. The van der Waals surface area contributed by atoms with Crippen LogP contribution in [-0.2, 0) is 13.0 Å². The maximum Gasteiger partial charge on any atom is 0.256 e. The van der Waals surface area contributed by atoms with Gasteiger partial charge in [0.15, 0.2) is 5.82 Å². The number of nitrogens with zero attached hydrogens (tertiary/aromatic N) is 4. The molecule has 0 saturated heterocycles. The smallest absolute Gasteiger partial charge is 0.256 e. The minimum absolute atomic E-state index is 0.154. The van der Waals surface area contributed by atoms with Crippen molar-refractivity contribution in [3.63, 3.8) is 0 Å². The molecule has 2 aromatic carbocycles. The lowest BCUT2D eigenvalue weighted by atomic mass is 10.00. The SMILES string of the molecule is Cc1nn(-c2ccc(F)cc2)c(-n2cccc2)c1C(=O)NCCCN1CCc2ccccc2C1. The third-order valence-electron chi connectivity index (χ3n) is 6.33. The number of rotatable bonds is 7. The summed E-state index contributed by atoms with van der Waals surface area (Å²) in [6, 6.07) is 18.5. The molecule has 34 heavy (non-hydrogen) atoms.